The zero-order valence-electron chi connectivity index (χ0n) is 9.66. The lowest BCUT2D eigenvalue weighted by Crippen LogP contribution is -2.04. The molecule has 3 rings (SSSR count). The summed E-state index contributed by atoms with van der Waals surface area (Å²) in [5, 5.41) is 5.75. The first-order chi connectivity index (χ1) is 7.27. The van der Waals surface area contributed by atoms with Gasteiger partial charge in [-0.1, -0.05) is 0 Å². The summed E-state index contributed by atoms with van der Waals surface area (Å²) in [6.45, 7) is 2.08. The molecule has 3 nitrogen and oxygen atoms in total. The molecular formula is C12H16ClN3. The highest BCUT2D eigenvalue weighted by Crippen LogP contribution is 2.28. The minimum absolute atomic E-state index is 0. The average Bonchev–Trinajstić information content (AvgIpc) is 2.55. The second kappa shape index (κ2) is 4.06. The van der Waals surface area contributed by atoms with E-state index in [0.29, 0.717) is 0 Å². The first-order valence-electron chi connectivity index (χ1n) is 5.57. The first kappa shape index (κ1) is 11.4. The molecule has 0 atom stereocenters. The van der Waals surface area contributed by atoms with Crippen molar-refractivity contribution in [2.24, 2.45) is 7.05 Å². The molecule has 0 fully saturated rings. The van der Waals surface area contributed by atoms with Gasteiger partial charge in [0.1, 0.15) is 0 Å². The number of pyridine rings is 1. The lowest BCUT2D eigenvalue weighted by Gasteiger charge is -2.15. The van der Waals surface area contributed by atoms with Crippen LogP contribution in [-0.4, -0.2) is 14.8 Å². The number of fused-ring (bicyclic) bond motifs is 3. The molecule has 0 aliphatic heterocycles. The molecule has 2 aromatic heterocycles. The van der Waals surface area contributed by atoms with Crippen molar-refractivity contribution in [3.05, 3.63) is 23.0 Å². The van der Waals surface area contributed by atoms with E-state index in [1.54, 1.807) is 0 Å². The number of nitrogens with zero attached hydrogens (tertiary/aromatic N) is 3. The van der Waals surface area contributed by atoms with Crippen LogP contribution in [0.15, 0.2) is 6.20 Å². The van der Waals surface area contributed by atoms with Crippen molar-refractivity contribution in [2.45, 2.75) is 32.6 Å². The fourth-order valence-corrected chi connectivity index (χ4v) is 2.64. The molecule has 2 heterocycles. The summed E-state index contributed by atoms with van der Waals surface area (Å²) in [5.41, 5.74) is 5.09. The fraction of sp³-hybridized carbons (Fsp3) is 0.500. The van der Waals surface area contributed by atoms with Crippen LogP contribution >= 0.6 is 12.4 Å². The Bertz CT molecular complexity index is 531. The summed E-state index contributed by atoms with van der Waals surface area (Å²) in [6, 6.07) is 0. The molecule has 0 saturated heterocycles. The Morgan fingerprint density at radius 2 is 2.00 bits per heavy atom. The van der Waals surface area contributed by atoms with E-state index in [1.165, 1.54) is 42.2 Å². The van der Waals surface area contributed by atoms with Crippen LogP contribution in [0.25, 0.3) is 11.0 Å². The molecule has 86 valence electrons. The van der Waals surface area contributed by atoms with Gasteiger partial charge in [0.05, 0.1) is 5.69 Å². The van der Waals surface area contributed by atoms with Gasteiger partial charge in [0.15, 0.2) is 5.65 Å². The number of aryl methyl sites for hydroxylation is 4. The van der Waals surface area contributed by atoms with Gasteiger partial charge < -0.3 is 0 Å². The molecule has 1 aliphatic rings. The Labute approximate surface area is 101 Å². The largest absolute Gasteiger partial charge is 0.250 e. The smallest absolute Gasteiger partial charge is 0.158 e. The molecular weight excluding hydrogens is 222 g/mol. The van der Waals surface area contributed by atoms with Gasteiger partial charge in [-0.25, -0.2) is 4.98 Å². The van der Waals surface area contributed by atoms with Crippen LogP contribution in [0.5, 0.6) is 0 Å². The van der Waals surface area contributed by atoms with Crippen molar-refractivity contribution < 1.29 is 0 Å². The minimum Gasteiger partial charge on any atom is -0.250 e. The van der Waals surface area contributed by atoms with E-state index in [0.717, 1.165) is 11.3 Å². The Morgan fingerprint density at radius 3 is 2.81 bits per heavy atom. The first-order valence-corrected chi connectivity index (χ1v) is 5.57. The Kier molecular flexibility index (Phi) is 2.89. The van der Waals surface area contributed by atoms with Crippen molar-refractivity contribution in [3.8, 4) is 0 Å². The van der Waals surface area contributed by atoms with Crippen molar-refractivity contribution in [2.75, 3.05) is 0 Å². The van der Waals surface area contributed by atoms with Gasteiger partial charge in [-0.2, -0.15) is 5.10 Å². The van der Waals surface area contributed by atoms with Crippen molar-refractivity contribution in [1.29, 1.82) is 0 Å². The Morgan fingerprint density at radius 1 is 1.25 bits per heavy atom. The Balaban J connectivity index is 0.000000963. The van der Waals surface area contributed by atoms with E-state index in [9.17, 15) is 0 Å². The predicted molar refractivity (Wildman–Crippen MR) is 67.1 cm³/mol. The normalized spacial score (nSPS) is 14.6. The number of aromatic nitrogens is 3. The molecule has 0 radical (unpaired) electrons. The van der Waals surface area contributed by atoms with E-state index in [2.05, 4.69) is 17.0 Å². The second-order valence-corrected chi connectivity index (χ2v) is 4.38. The van der Waals surface area contributed by atoms with Crippen LogP contribution in [0.3, 0.4) is 0 Å². The van der Waals surface area contributed by atoms with Crippen molar-refractivity contribution in [1.82, 2.24) is 14.8 Å². The van der Waals surface area contributed by atoms with E-state index < -0.39 is 0 Å². The van der Waals surface area contributed by atoms with E-state index in [4.69, 9.17) is 0 Å². The highest BCUT2D eigenvalue weighted by molar-refractivity contribution is 5.85. The molecule has 0 N–H and O–H groups in total. The second-order valence-electron chi connectivity index (χ2n) is 4.38. The molecule has 16 heavy (non-hydrogen) atoms. The molecule has 1 aliphatic carbocycles. The summed E-state index contributed by atoms with van der Waals surface area (Å²) < 4.78 is 1.89. The van der Waals surface area contributed by atoms with Gasteiger partial charge >= 0.3 is 0 Å². The van der Waals surface area contributed by atoms with E-state index in [1.807, 2.05) is 17.9 Å². The number of hydrogen-bond donors (Lipinski definition) is 0. The maximum absolute atomic E-state index is 4.52. The summed E-state index contributed by atoms with van der Waals surface area (Å²) in [7, 11) is 1.97. The topological polar surface area (TPSA) is 30.7 Å². The lowest BCUT2D eigenvalue weighted by molar-refractivity contribution is 0.687. The third kappa shape index (κ3) is 1.50. The van der Waals surface area contributed by atoms with Gasteiger partial charge in [-0.3, -0.25) is 4.68 Å². The van der Waals surface area contributed by atoms with E-state index in [-0.39, 0.29) is 12.4 Å². The molecule has 0 amide bonds. The van der Waals surface area contributed by atoms with Gasteiger partial charge in [-0.15, -0.1) is 12.4 Å². The quantitative estimate of drug-likeness (QED) is 0.705. The highest BCUT2D eigenvalue weighted by atomic mass is 35.5. The monoisotopic (exact) mass is 237 g/mol. The average molecular weight is 238 g/mol. The van der Waals surface area contributed by atoms with Crippen LogP contribution in [0, 0.1) is 6.92 Å². The van der Waals surface area contributed by atoms with Crippen LogP contribution in [-0.2, 0) is 19.9 Å². The molecule has 0 unspecified atom stereocenters. The zero-order valence-corrected chi connectivity index (χ0v) is 10.5. The van der Waals surface area contributed by atoms with Gasteiger partial charge in [0.25, 0.3) is 0 Å². The summed E-state index contributed by atoms with van der Waals surface area (Å²) in [5.74, 6) is 0. The summed E-state index contributed by atoms with van der Waals surface area (Å²) in [4.78, 5) is 4.52. The SMILES string of the molecule is Cc1nn(C)c2ncc3c(c12)CCCC3.Cl. The van der Waals surface area contributed by atoms with Gasteiger partial charge in [0, 0.05) is 18.6 Å². The third-order valence-corrected chi connectivity index (χ3v) is 3.35. The van der Waals surface area contributed by atoms with Crippen LogP contribution < -0.4 is 0 Å². The molecule has 0 spiro atoms. The summed E-state index contributed by atoms with van der Waals surface area (Å²) in [6.07, 6.45) is 7.03. The van der Waals surface area contributed by atoms with Gasteiger partial charge in [0.2, 0.25) is 0 Å². The number of rotatable bonds is 0. The number of halogens is 1. The van der Waals surface area contributed by atoms with Crippen LogP contribution in [0.1, 0.15) is 29.7 Å². The Hall–Kier alpha value is -1.09. The van der Waals surface area contributed by atoms with Crippen molar-refractivity contribution in [3.63, 3.8) is 0 Å². The van der Waals surface area contributed by atoms with E-state index >= 15 is 0 Å². The standard InChI is InChI=1S/C12H15N3.ClH/c1-8-11-10-6-4-3-5-9(10)7-13-12(11)15(2)14-8;/h7H,3-6H2,1-2H3;1H. The maximum Gasteiger partial charge on any atom is 0.158 e. The molecule has 0 bridgehead atoms. The molecule has 2 aromatic rings. The fourth-order valence-electron chi connectivity index (χ4n) is 2.64. The molecule has 4 heteroatoms. The molecule has 0 aromatic carbocycles. The third-order valence-electron chi connectivity index (χ3n) is 3.35. The predicted octanol–water partition coefficient (Wildman–Crippen LogP) is 2.58. The van der Waals surface area contributed by atoms with Crippen molar-refractivity contribution >= 4 is 23.4 Å². The molecule has 0 saturated carbocycles. The minimum atomic E-state index is 0. The summed E-state index contributed by atoms with van der Waals surface area (Å²) >= 11 is 0. The maximum atomic E-state index is 4.52. The zero-order chi connectivity index (χ0) is 10.4. The number of hydrogen-bond acceptors (Lipinski definition) is 2. The van der Waals surface area contributed by atoms with Crippen LogP contribution in [0.4, 0.5) is 0 Å². The van der Waals surface area contributed by atoms with Crippen LogP contribution in [0.2, 0.25) is 0 Å². The highest BCUT2D eigenvalue weighted by Gasteiger charge is 2.17. The lowest BCUT2D eigenvalue weighted by atomic mass is 9.91. The van der Waals surface area contributed by atoms with Gasteiger partial charge in [-0.05, 0) is 43.7 Å².